The lowest BCUT2D eigenvalue weighted by Gasteiger charge is -2.37. The number of unbranched alkanes of at least 4 members (excludes halogenated alkanes) is 8. The molecule has 0 fully saturated rings. The number of esters is 2. The molecule has 1 aliphatic carbocycles. The zero-order chi connectivity index (χ0) is 33.3. The highest BCUT2D eigenvalue weighted by molar-refractivity contribution is 5.91. The predicted octanol–water partition coefficient (Wildman–Crippen LogP) is 9.43. The molecule has 0 amide bonds. The average molecular weight is 645 g/mol. The SMILES string of the molecule is CCCCCCCCOc1ccc(-c2ccc(C(=O)OC3(C(F)(F)F)C=CC=CC3C(=O)OCCCCCCOCC)cc2)cc1. The van der Waals surface area contributed by atoms with Crippen molar-refractivity contribution >= 4 is 11.9 Å². The molecule has 2 aromatic carbocycles. The topological polar surface area (TPSA) is 71.1 Å². The van der Waals surface area contributed by atoms with E-state index in [9.17, 15) is 22.8 Å². The summed E-state index contributed by atoms with van der Waals surface area (Å²) in [6, 6.07) is 13.6. The molecule has 1 aliphatic rings. The highest BCUT2D eigenvalue weighted by atomic mass is 19.4. The fourth-order valence-corrected chi connectivity index (χ4v) is 5.19. The molecule has 252 valence electrons. The van der Waals surface area contributed by atoms with Crippen molar-refractivity contribution < 1.29 is 41.7 Å². The molecular weight excluding hydrogens is 597 g/mol. The molecule has 9 heteroatoms. The number of benzene rings is 2. The summed E-state index contributed by atoms with van der Waals surface area (Å²) in [6.45, 7) is 6.01. The highest BCUT2D eigenvalue weighted by Gasteiger charge is 2.64. The van der Waals surface area contributed by atoms with Crippen molar-refractivity contribution in [1.29, 1.82) is 0 Å². The van der Waals surface area contributed by atoms with Gasteiger partial charge in [-0.3, -0.25) is 4.79 Å². The minimum Gasteiger partial charge on any atom is -0.494 e. The van der Waals surface area contributed by atoms with Crippen LogP contribution in [0.2, 0.25) is 0 Å². The molecule has 0 N–H and O–H groups in total. The van der Waals surface area contributed by atoms with Crippen LogP contribution in [0.15, 0.2) is 72.8 Å². The Morgan fingerprint density at radius 1 is 0.739 bits per heavy atom. The molecule has 2 atom stereocenters. The average Bonchev–Trinajstić information content (AvgIpc) is 3.05. The Morgan fingerprint density at radius 3 is 1.96 bits per heavy atom. The number of carbonyl (C=O) groups excluding carboxylic acids is 2. The van der Waals surface area contributed by atoms with Crippen molar-refractivity contribution in [3.63, 3.8) is 0 Å². The summed E-state index contributed by atoms with van der Waals surface area (Å²) in [6.07, 6.45) is 9.18. The van der Waals surface area contributed by atoms with Gasteiger partial charge in [-0.15, -0.1) is 0 Å². The van der Waals surface area contributed by atoms with Gasteiger partial charge in [0.2, 0.25) is 5.60 Å². The fraction of sp³-hybridized carbons (Fsp3) is 0.514. The smallest absolute Gasteiger partial charge is 0.433 e. The Bertz CT molecular complexity index is 1250. The quantitative estimate of drug-likeness (QED) is 0.106. The molecule has 0 heterocycles. The lowest BCUT2D eigenvalue weighted by molar-refractivity contribution is -0.254. The van der Waals surface area contributed by atoms with Gasteiger partial charge in [-0.05, 0) is 74.1 Å². The number of carbonyl (C=O) groups is 2. The molecule has 0 bridgehead atoms. The minimum absolute atomic E-state index is 0.0307. The van der Waals surface area contributed by atoms with Crippen molar-refractivity contribution in [1.82, 2.24) is 0 Å². The number of hydrogen-bond donors (Lipinski definition) is 0. The van der Waals surface area contributed by atoms with E-state index in [4.69, 9.17) is 18.9 Å². The van der Waals surface area contributed by atoms with Gasteiger partial charge in [-0.1, -0.05) is 87.9 Å². The van der Waals surface area contributed by atoms with E-state index in [0.717, 1.165) is 61.1 Å². The normalized spacial score (nSPS) is 17.5. The molecule has 0 aromatic heterocycles. The molecule has 0 spiro atoms. The Morgan fingerprint density at radius 2 is 1.33 bits per heavy atom. The third-order valence-corrected chi connectivity index (χ3v) is 7.89. The lowest BCUT2D eigenvalue weighted by atomic mass is 9.82. The zero-order valence-corrected chi connectivity index (χ0v) is 27.0. The van der Waals surface area contributed by atoms with Crippen LogP contribution in [0, 0.1) is 5.92 Å². The minimum atomic E-state index is -5.08. The molecule has 0 saturated carbocycles. The van der Waals surface area contributed by atoms with E-state index in [0.29, 0.717) is 32.3 Å². The van der Waals surface area contributed by atoms with Crippen molar-refractivity contribution in [3.8, 4) is 16.9 Å². The van der Waals surface area contributed by atoms with Gasteiger partial charge in [-0.2, -0.15) is 13.2 Å². The first-order chi connectivity index (χ1) is 22.2. The van der Waals surface area contributed by atoms with Gasteiger partial charge >= 0.3 is 18.1 Å². The number of ether oxygens (including phenoxy) is 4. The Hall–Kier alpha value is -3.59. The lowest BCUT2D eigenvalue weighted by Crippen LogP contribution is -2.56. The van der Waals surface area contributed by atoms with Crippen LogP contribution in [-0.4, -0.2) is 50.1 Å². The third kappa shape index (κ3) is 11.0. The highest BCUT2D eigenvalue weighted by Crippen LogP contribution is 2.44. The standard InChI is InChI=1S/C37H47F3O6/c1-3-5-6-7-8-14-27-44-32-23-21-30(22-24-32)29-17-19-31(20-18-29)34(41)46-36(37(38,39)40)25-12-11-16-33(36)35(42)45-28-15-10-9-13-26-43-4-2/h11-12,16-25,33H,3-10,13-15,26-28H2,1-2H3. The van der Waals surface area contributed by atoms with Crippen LogP contribution in [0.4, 0.5) is 13.2 Å². The van der Waals surface area contributed by atoms with Crippen molar-refractivity contribution in [2.75, 3.05) is 26.4 Å². The van der Waals surface area contributed by atoms with E-state index in [1.807, 2.05) is 31.2 Å². The Kier molecular flexibility index (Phi) is 15.4. The Labute approximate surface area is 271 Å². The molecule has 6 nitrogen and oxygen atoms in total. The first-order valence-corrected chi connectivity index (χ1v) is 16.5. The van der Waals surface area contributed by atoms with Crippen LogP contribution >= 0.6 is 0 Å². The summed E-state index contributed by atoms with van der Waals surface area (Å²) in [5.74, 6) is -3.42. The van der Waals surface area contributed by atoms with Gasteiger partial charge in [0.1, 0.15) is 11.7 Å². The van der Waals surface area contributed by atoms with E-state index in [2.05, 4.69) is 6.92 Å². The van der Waals surface area contributed by atoms with Gasteiger partial charge < -0.3 is 18.9 Å². The van der Waals surface area contributed by atoms with Gasteiger partial charge in [0.25, 0.3) is 0 Å². The first kappa shape index (κ1) is 36.9. The van der Waals surface area contributed by atoms with Crippen LogP contribution in [-0.2, 0) is 19.0 Å². The molecule has 0 saturated heterocycles. The maximum atomic E-state index is 14.6. The number of allylic oxidation sites excluding steroid dienone is 2. The largest absolute Gasteiger partial charge is 0.494 e. The maximum absolute atomic E-state index is 14.6. The summed E-state index contributed by atoms with van der Waals surface area (Å²) in [5.41, 5.74) is -1.65. The van der Waals surface area contributed by atoms with Crippen LogP contribution in [0.3, 0.4) is 0 Å². The van der Waals surface area contributed by atoms with E-state index < -0.39 is 29.6 Å². The van der Waals surface area contributed by atoms with Crippen molar-refractivity contribution in [2.45, 2.75) is 89.8 Å². The summed E-state index contributed by atoms with van der Waals surface area (Å²) in [4.78, 5) is 25.9. The third-order valence-electron chi connectivity index (χ3n) is 7.89. The maximum Gasteiger partial charge on any atom is 0.433 e. The fourth-order valence-electron chi connectivity index (χ4n) is 5.19. The number of hydrogen-bond acceptors (Lipinski definition) is 6. The second-order valence-corrected chi connectivity index (χ2v) is 11.4. The number of alkyl halides is 3. The molecule has 3 rings (SSSR count). The van der Waals surface area contributed by atoms with E-state index >= 15 is 0 Å². The van der Waals surface area contributed by atoms with Crippen LogP contribution in [0.1, 0.15) is 88.4 Å². The van der Waals surface area contributed by atoms with Crippen molar-refractivity contribution in [2.24, 2.45) is 5.92 Å². The van der Waals surface area contributed by atoms with E-state index in [1.165, 1.54) is 43.9 Å². The zero-order valence-electron chi connectivity index (χ0n) is 27.0. The summed E-state index contributed by atoms with van der Waals surface area (Å²) >= 11 is 0. The Balaban J connectivity index is 1.58. The van der Waals surface area contributed by atoms with Crippen molar-refractivity contribution in [3.05, 3.63) is 78.4 Å². The molecule has 46 heavy (non-hydrogen) atoms. The van der Waals surface area contributed by atoms with Crippen LogP contribution in [0.5, 0.6) is 5.75 Å². The van der Waals surface area contributed by atoms with Gasteiger partial charge in [0.15, 0.2) is 0 Å². The molecule has 2 aromatic rings. The molecule has 0 radical (unpaired) electrons. The summed E-state index contributed by atoms with van der Waals surface area (Å²) < 4.78 is 65.2. The van der Waals surface area contributed by atoms with Crippen LogP contribution in [0.25, 0.3) is 11.1 Å². The molecule has 0 aliphatic heterocycles. The molecule has 2 unspecified atom stereocenters. The summed E-state index contributed by atoms with van der Waals surface area (Å²) in [7, 11) is 0. The van der Waals surface area contributed by atoms with Gasteiger partial charge in [0.05, 0.1) is 18.8 Å². The second kappa shape index (κ2) is 19.2. The second-order valence-electron chi connectivity index (χ2n) is 11.4. The monoisotopic (exact) mass is 644 g/mol. The van der Waals surface area contributed by atoms with E-state index in [-0.39, 0.29) is 12.2 Å². The molecular formula is C37H47F3O6. The van der Waals surface area contributed by atoms with Gasteiger partial charge in [-0.25, -0.2) is 4.79 Å². The number of halogens is 3. The van der Waals surface area contributed by atoms with Gasteiger partial charge in [0, 0.05) is 13.2 Å². The first-order valence-electron chi connectivity index (χ1n) is 16.5. The van der Waals surface area contributed by atoms with E-state index in [1.54, 1.807) is 12.1 Å². The number of rotatable bonds is 20. The summed E-state index contributed by atoms with van der Waals surface area (Å²) in [5, 5.41) is 0. The van der Waals surface area contributed by atoms with Crippen LogP contribution < -0.4 is 4.74 Å². The predicted molar refractivity (Wildman–Crippen MR) is 173 cm³/mol.